The van der Waals surface area contributed by atoms with E-state index < -0.39 is 11.4 Å². The Kier molecular flexibility index (Phi) is 6.56. The number of benzene rings is 1. The van der Waals surface area contributed by atoms with Gasteiger partial charge in [-0.1, -0.05) is 23.8 Å². The molecular formula is C30H33FN6O3. The van der Waals surface area contributed by atoms with Crippen LogP contribution in [0.5, 0.6) is 11.8 Å². The number of nitrogens with one attached hydrogen (secondary N) is 2. The van der Waals surface area contributed by atoms with Crippen molar-refractivity contribution in [3.05, 3.63) is 64.2 Å². The van der Waals surface area contributed by atoms with E-state index in [2.05, 4.69) is 25.5 Å². The number of amides is 1. The monoisotopic (exact) mass is 544 g/mol. The van der Waals surface area contributed by atoms with Crippen LogP contribution in [0.1, 0.15) is 75.4 Å². The smallest absolute Gasteiger partial charge is 0.410 e. The second kappa shape index (κ2) is 10.1. The summed E-state index contributed by atoms with van der Waals surface area (Å²) < 4.78 is 26.8. The van der Waals surface area contributed by atoms with Crippen molar-refractivity contribution in [1.82, 2.24) is 25.1 Å². The highest BCUT2D eigenvalue weighted by atomic mass is 19.1. The fourth-order valence-electron chi connectivity index (χ4n) is 4.93. The lowest BCUT2D eigenvalue weighted by Crippen LogP contribution is -2.39. The predicted octanol–water partition coefficient (Wildman–Crippen LogP) is 6.74. The highest BCUT2D eigenvalue weighted by Crippen LogP contribution is 2.40. The number of ether oxygens (including phenoxy) is 2. The third-order valence-corrected chi connectivity index (χ3v) is 7.06. The molecule has 3 aliphatic rings. The lowest BCUT2D eigenvalue weighted by molar-refractivity contribution is 0.0270. The number of carbonyl (C=O) groups excluding carboxylic acids is 1. The van der Waals surface area contributed by atoms with E-state index in [4.69, 9.17) is 9.47 Å². The molecule has 0 saturated heterocycles. The molecule has 208 valence electrons. The molecule has 2 aliphatic carbocycles. The zero-order chi connectivity index (χ0) is 28.0. The van der Waals surface area contributed by atoms with Crippen molar-refractivity contribution in [2.45, 2.75) is 64.9 Å². The summed E-state index contributed by atoms with van der Waals surface area (Å²) in [5, 5.41) is 10.7. The molecule has 2 aromatic heterocycles. The number of aromatic nitrogens is 4. The van der Waals surface area contributed by atoms with Gasteiger partial charge in [-0.25, -0.2) is 9.18 Å². The number of rotatable bonds is 6. The zero-order valence-corrected chi connectivity index (χ0v) is 23.2. The molecule has 1 saturated carbocycles. The average Bonchev–Trinajstić information content (AvgIpc) is 3.53. The Hall–Kier alpha value is -4.21. The second-order valence-corrected chi connectivity index (χ2v) is 11.7. The first-order valence-electron chi connectivity index (χ1n) is 13.7. The number of anilines is 2. The summed E-state index contributed by atoms with van der Waals surface area (Å²) in [6, 6.07) is 7.32. The largest absolute Gasteiger partial charge is 0.444 e. The number of allylic oxidation sites excluding steroid dienone is 1. The Morgan fingerprint density at radius 3 is 2.73 bits per heavy atom. The van der Waals surface area contributed by atoms with Crippen molar-refractivity contribution in [2.75, 3.05) is 18.4 Å². The van der Waals surface area contributed by atoms with Crippen molar-refractivity contribution in [2.24, 2.45) is 0 Å². The third-order valence-electron chi connectivity index (χ3n) is 7.06. The van der Waals surface area contributed by atoms with Gasteiger partial charge in [-0.3, -0.25) is 5.10 Å². The molecule has 1 fully saturated rings. The summed E-state index contributed by atoms with van der Waals surface area (Å²) in [5.41, 5.74) is 4.68. The average molecular weight is 545 g/mol. The van der Waals surface area contributed by atoms with Crippen LogP contribution in [-0.4, -0.2) is 49.8 Å². The van der Waals surface area contributed by atoms with Crippen LogP contribution < -0.4 is 10.1 Å². The van der Waals surface area contributed by atoms with Gasteiger partial charge in [0, 0.05) is 42.4 Å². The normalized spacial score (nSPS) is 16.8. The van der Waals surface area contributed by atoms with Crippen LogP contribution in [0.3, 0.4) is 0 Å². The molecule has 0 bridgehead atoms. The van der Waals surface area contributed by atoms with E-state index >= 15 is 4.39 Å². The molecule has 0 radical (unpaired) electrons. The Bertz CT molecular complexity index is 1530. The van der Waals surface area contributed by atoms with Gasteiger partial charge >= 0.3 is 12.1 Å². The minimum atomic E-state index is -0.562. The lowest BCUT2D eigenvalue weighted by Gasteiger charge is -2.29. The SMILES string of the molecule is CC1=Cc2c(ccc(Oc3nc(Nc4cc(C5CC5)[nH]n4)cc(C4=CCN(C(=O)OC(C)(C)C)CC4)n3)c2F)C1. The number of carbonyl (C=O) groups is 1. The molecule has 0 unspecified atom stereocenters. The summed E-state index contributed by atoms with van der Waals surface area (Å²) in [4.78, 5) is 23.3. The number of hydrogen-bond donors (Lipinski definition) is 2. The van der Waals surface area contributed by atoms with Gasteiger partial charge < -0.3 is 19.7 Å². The van der Waals surface area contributed by atoms with Crippen LogP contribution in [0.4, 0.5) is 20.8 Å². The van der Waals surface area contributed by atoms with E-state index in [9.17, 15) is 4.79 Å². The quantitative estimate of drug-likeness (QED) is 0.354. The van der Waals surface area contributed by atoms with Gasteiger partial charge in [-0.05, 0) is 70.6 Å². The third kappa shape index (κ3) is 5.71. The van der Waals surface area contributed by atoms with Crippen molar-refractivity contribution in [3.63, 3.8) is 0 Å². The Morgan fingerprint density at radius 1 is 1.18 bits per heavy atom. The maximum atomic E-state index is 15.3. The van der Waals surface area contributed by atoms with Crippen molar-refractivity contribution < 1.29 is 18.7 Å². The number of H-pyrrole nitrogens is 1. The maximum Gasteiger partial charge on any atom is 0.410 e. The van der Waals surface area contributed by atoms with E-state index in [1.54, 1.807) is 11.0 Å². The first kappa shape index (κ1) is 26.0. The summed E-state index contributed by atoms with van der Waals surface area (Å²) in [6.07, 6.45) is 7.07. The predicted molar refractivity (Wildman–Crippen MR) is 150 cm³/mol. The van der Waals surface area contributed by atoms with E-state index in [0.29, 0.717) is 48.3 Å². The summed E-state index contributed by atoms with van der Waals surface area (Å²) in [6.45, 7) is 8.40. The zero-order valence-electron chi connectivity index (χ0n) is 23.2. The van der Waals surface area contributed by atoms with Crippen LogP contribution in [0.25, 0.3) is 11.6 Å². The van der Waals surface area contributed by atoms with E-state index in [1.165, 1.54) is 0 Å². The van der Waals surface area contributed by atoms with E-state index in [-0.39, 0.29) is 17.9 Å². The van der Waals surface area contributed by atoms with Gasteiger partial charge in [0.25, 0.3) is 0 Å². The van der Waals surface area contributed by atoms with E-state index in [0.717, 1.165) is 41.7 Å². The molecular weight excluding hydrogens is 511 g/mol. The first-order chi connectivity index (χ1) is 19.1. The first-order valence-corrected chi connectivity index (χ1v) is 13.7. The minimum absolute atomic E-state index is 0.0194. The topological polar surface area (TPSA) is 105 Å². The van der Waals surface area contributed by atoms with Crippen molar-refractivity contribution >= 4 is 29.4 Å². The highest BCUT2D eigenvalue weighted by molar-refractivity contribution is 5.73. The summed E-state index contributed by atoms with van der Waals surface area (Å²) in [7, 11) is 0. The van der Waals surface area contributed by atoms with Gasteiger partial charge in [0.05, 0.1) is 5.69 Å². The van der Waals surface area contributed by atoms with Gasteiger partial charge in [-0.2, -0.15) is 15.1 Å². The van der Waals surface area contributed by atoms with Crippen LogP contribution >= 0.6 is 0 Å². The Morgan fingerprint density at radius 2 is 2.00 bits per heavy atom. The van der Waals surface area contributed by atoms with Crippen molar-refractivity contribution in [3.8, 4) is 11.8 Å². The Labute approximate surface area is 232 Å². The standard InChI is InChI=1S/C30H33FN6O3/c1-17-13-20-7-8-24(27(31)21(20)14-17)39-28-32-22(19-9-11-37(12-10-19)29(38)40-30(2,3)4)15-25(34-28)33-26-16-23(35-36-26)18-5-6-18/h7-9,14-16,18H,5-6,10-13H2,1-4H3,(H2,32,33,34,35,36). The van der Waals surface area contributed by atoms with Gasteiger partial charge in [-0.15, -0.1) is 0 Å². The van der Waals surface area contributed by atoms with Crippen LogP contribution in [-0.2, 0) is 11.2 Å². The number of fused-ring (bicyclic) bond motifs is 1. The number of nitrogens with zero attached hydrogens (tertiary/aromatic N) is 4. The molecule has 1 aromatic carbocycles. The molecule has 1 amide bonds. The van der Waals surface area contributed by atoms with Crippen molar-refractivity contribution in [1.29, 1.82) is 0 Å². The van der Waals surface area contributed by atoms with Gasteiger partial charge in [0.15, 0.2) is 17.4 Å². The molecule has 0 spiro atoms. The molecule has 1 aliphatic heterocycles. The fourth-order valence-corrected chi connectivity index (χ4v) is 4.93. The second-order valence-electron chi connectivity index (χ2n) is 11.7. The molecule has 6 rings (SSSR count). The number of aromatic amines is 1. The molecule has 0 atom stereocenters. The van der Waals surface area contributed by atoms with Crippen LogP contribution in [0, 0.1) is 5.82 Å². The molecule has 3 aromatic rings. The number of halogens is 1. The molecule has 40 heavy (non-hydrogen) atoms. The summed E-state index contributed by atoms with van der Waals surface area (Å²) in [5.74, 6) is 1.28. The molecule has 3 heterocycles. The van der Waals surface area contributed by atoms with Crippen LogP contribution in [0.15, 0.2) is 35.9 Å². The van der Waals surface area contributed by atoms with Gasteiger partial charge in [0.1, 0.15) is 11.4 Å². The highest BCUT2D eigenvalue weighted by Gasteiger charge is 2.27. The molecule has 9 nitrogen and oxygen atoms in total. The lowest BCUT2D eigenvalue weighted by atomic mass is 10.0. The minimum Gasteiger partial charge on any atom is -0.444 e. The Balaban J connectivity index is 1.28. The molecule has 2 N–H and O–H groups in total. The number of hydrogen-bond acceptors (Lipinski definition) is 7. The molecule has 10 heteroatoms. The van der Waals surface area contributed by atoms with E-state index in [1.807, 2.05) is 58.0 Å². The maximum absolute atomic E-state index is 15.3. The fraction of sp³-hybridized carbons (Fsp3) is 0.400. The van der Waals surface area contributed by atoms with Crippen LogP contribution in [0.2, 0.25) is 0 Å². The van der Waals surface area contributed by atoms with Gasteiger partial charge in [0.2, 0.25) is 0 Å². The summed E-state index contributed by atoms with van der Waals surface area (Å²) >= 11 is 0.